The van der Waals surface area contributed by atoms with Crippen LogP contribution in [0, 0.1) is 0 Å². The summed E-state index contributed by atoms with van der Waals surface area (Å²) in [5, 5.41) is 0. The number of hydrogen-bond donors (Lipinski definition) is 1. The molecule has 0 radical (unpaired) electrons. The Bertz CT molecular complexity index is 923. The molecule has 1 fully saturated rings. The Morgan fingerprint density at radius 3 is 2.65 bits per heavy atom. The number of methoxy groups -OCH3 is 1. The first kappa shape index (κ1) is 19.3. The van der Waals surface area contributed by atoms with E-state index in [9.17, 15) is 13.2 Å². The topological polar surface area (TPSA) is 75.7 Å². The second-order valence-corrected chi connectivity index (χ2v) is 10.4. The van der Waals surface area contributed by atoms with E-state index in [2.05, 4.69) is 20.7 Å². The molecule has 0 saturated heterocycles. The van der Waals surface area contributed by atoms with Crippen molar-refractivity contribution >= 4 is 43.2 Å². The van der Waals surface area contributed by atoms with Gasteiger partial charge >= 0.3 is 0 Å². The molecule has 1 heterocycles. The van der Waals surface area contributed by atoms with E-state index in [4.69, 9.17) is 4.74 Å². The van der Waals surface area contributed by atoms with Gasteiger partial charge in [0.2, 0.25) is 10.0 Å². The first-order valence-corrected chi connectivity index (χ1v) is 11.1. The van der Waals surface area contributed by atoms with Crippen LogP contribution in [0.2, 0.25) is 0 Å². The van der Waals surface area contributed by atoms with Gasteiger partial charge in [-0.05, 0) is 59.1 Å². The van der Waals surface area contributed by atoms with E-state index >= 15 is 0 Å². The molecule has 140 valence electrons. The Hall–Kier alpha value is -1.42. The van der Waals surface area contributed by atoms with E-state index in [1.54, 1.807) is 29.4 Å². The van der Waals surface area contributed by atoms with Crippen LogP contribution in [0.15, 0.2) is 39.0 Å². The Morgan fingerprint density at radius 1 is 1.35 bits per heavy atom. The molecule has 1 aliphatic carbocycles. The van der Waals surface area contributed by atoms with E-state index in [1.165, 1.54) is 19.2 Å². The number of hydrogen-bond acceptors (Lipinski definition) is 5. The maximum atomic E-state index is 12.7. The summed E-state index contributed by atoms with van der Waals surface area (Å²) in [7, 11) is -0.625. The molecule has 1 aromatic heterocycles. The lowest BCUT2D eigenvalue weighted by Crippen LogP contribution is -2.28. The number of amides is 1. The van der Waals surface area contributed by atoms with Crippen LogP contribution in [0.25, 0.3) is 0 Å². The molecular formula is C17H19BrN2O4S2. The summed E-state index contributed by atoms with van der Waals surface area (Å²) in [6, 6.07) is 8.33. The van der Waals surface area contributed by atoms with Gasteiger partial charge in [0.1, 0.15) is 10.6 Å². The minimum atomic E-state index is -3.73. The van der Waals surface area contributed by atoms with Gasteiger partial charge in [-0.1, -0.05) is 0 Å². The molecule has 3 rings (SSSR count). The fourth-order valence-electron chi connectivity index (χ4n) is 2.47. The van der Waals surface area contributed by atoms with Crippen molar-refractivity contribution in [2.45, 2.75) is 30.3 Å². The summed E-state index contributed by atoms with van der Waals surface area (Å²) in [6.45, 7) is 0.448. The summed E-state index contributed by atoms with van der Waals surface area (Å²) in [6.07, 6.45) is 1.67. The lowest BCUT2D eigenvalue weighted by Gasteiger charge is -2.18. The predicted octanol–water partition coefficient (Wildman–Crippen LogP) is 3.23. The fourth-order valence-corrected chi connectivity index (χ4v) is 5.50. The second-order valence-electron chi connectivity index (χ2n) is 6.13. The van der Waals surface area contributed by atoms with Crippen molar-refractivity contribution in [2.75, 3.05) is 14.2 Å². The molecule has 0 aliphatic heterocycles. The number of nitrogens with one attached hydrogen (secondary N) is 1. The number of carbonyl (C=O) groups is 1. The number of nitrogens with zero attached hydrogens (tertiary/aromatic N) is 1. The lowest BCUT2D eigenvalue weighted by atomic mass is 10.2. The summed E-state index contributed by atoms with van der Waals surface area (Å²) in [5.41, 5.74) is 0.306. The molecule has 0 atom stereocenters. The highest BCUT2D eigenvalue weighted by Crippen LogP contribution is 2.29. The Morgan fingerprint density at radius 2 is 2.08 bits per heavy atom. The SMILES string of the molecule is COc1ccc(C(=O)N(C)Cc2ccc(Br)s2)cc1S(=O)(=O)NC1CC1. The average molecular weight is 459 g/mol. The Balaban J connectivity index is 1.85. The number of halogens is 1. The van der Waals surface area contributed by atoms with E-state index < -0.39 is 10.0 Å². The summed E-state index contributed by atoms with van der Waals surface area (Å²) in [5.74, 6) is -0.0282. The molecule has 0 unspecified atom stereocenters. The van der Waals surface area contributed by atoms with Gasteiger partial charge in [0.15, 0.2) is 0 Å². The number of rotatable bonds is 7. The number of thiophene rings is 1. The highest BCUT2D eigenvalue weighted by molar-refractivity contribution is 9.11. The Kier molecular flexibility index (Phi) is 5.71. The zero-order chi connectivity index (χ0) is 18.9. The van der Waals surface area contributed by atoms with Crippen molar-refractivity contribution in [1.29, 1.82) is 0 Å². The molecule has 0 spiro atoms. The van der Waals surface area contributed by atoms with Gasteiger partial charge in [-0.25, -0.2) is 13.1 Å². The van der Waals surface area contributed by atoms with Crippen molar-refractivity contribution in [2.24, 2.45) is 0 Å². The van der Waals surface area contributed by atoms with E-state index in [0.29, 0.717) is 12.1 Å². The van der Waals surface area contributed by atoms with Gasteiger partial charge < -0.3 is 9.64 Å². The number of benzene rings is 1. The van der Waals surface area contributed by atoms with Gasteiger partial charge in [-0.15, -0.1) is 11.3 Å². The second kappa shape index (κ2) is 7.67. The molecule has 6 nitrogen and oxygen atoms in total. The van der Waals surface area contributed by atoms with E-state index in [1.807, 2.05) is 12.1 Å². The minimum Gasteiger partial charge on any atom is -0.495 e. The third-order valence-electron chi connectivity index (χ3n) is 3.97. The highest BCUT2D eigenvalue weighted by Gasteiger charge is 2.30. The monoisotopic (exact) mass is 458 g/mol. The van der Waals surface area contributed by atoms with Crippen LogP contribution in [-0.4, -0.2) is 39.4 Å². The number of sulfonamides is 1. The van der Waals surface area contributed by atoms with Crippen LogP contribution in [0.1, 0.15) is 28.1 Å². The first-order valence-electron chi connectivity index (χ1n) is 8.00. The van der Waals surface area contributed by atoms with Crippen molar-refractivity contribution in [3.05, 3.63) is 44.6 Å². The van der Waals surface area contributed by atoms with Gasteiger partial charge in [0.25, 0.3) is 5.91 Å². The van der Waals surface area contributed by atoms with Crippen LogP contribution in [-0.2, 0) is 16.6 Å². The van der Waals surface area contributed by atoms with Crippen LogP contribution in [0.3, 0.4) is 0 Å². The van der Waals surface area contributed by atoms with Crippen molar-refractivity contribution in [1.82, 2.24) is 9.62 Å². The van der Waals surface area contributed by atoms with Crippen molar-refractivity contribution < 1.29 is 17.9 Å². The van der Waals surface area contributed by atoms with Crippen LogP contribution in [0.5, 0.6) is 5.75 Å². The Labute approximate surface area is 165 Å². The molecule has 0 bridgehead atoms. The maximum Gasteiger partial charge on any atom is 0.253 e. The minimum absolute atomic E-state index is 0.00924. The summed E-state index contributed by atoms with van der Waals surface area (Å²) < 4.78 is 34.0. The molecule has 9 heteroatoms. The highest BCUT2D eigenvalue weighted by atomic mass is 79.9. The zero-order valence-corrected chi connectivity index (χ0v) is 17.6. The number of ether oxygens (including phenoxy) is 1. The first-order chi connectivity index (χ1) is 12.3. The molecule has 1 saturated carbocycles. The molecule has 1 aliphatic rings. The molecule has 1 N–H and O–H groups in total. The summed E-state index contributed by atoms with van der Waals surface area (Å²) >= 11 is 4.96. The normalized spacial score (nSPS) is 14.3. The smallest absolute Gasteiger partial charge is 0.253 e. The van der Waals surface area contributed by atoms with Crippen LogP contribution >= 0.6 is 27.3 Å². The van der Waals surface area contributed by atoms with Crippen LogP contribution in [0.4, 0.5) is 0 Å². The molecule has 1 amide bonds. The van der Waals surface area contributed by atoms with Crippen LogP contribution < -0.4 is 9.46 Å². The fraction of sp³-hybridized carbons (Fsp3) is 0.353. The third kappa shape index (κ3) is 4.46. The molecular weight excluding hydrogens is 440 g/mol. The van der Waals surface area contributed by atoms with Crippen molar-refractivity contribution in [3.63, 3.8) is 0 Å². The van der Waals surface area contributed by atoms with Gasteiger partial charge in [-0.2, -0.15) is 0 Å². The van der Waals surface area contributed by atoms with Gasteiger partial charge in [0.05, 0.1) is 17.4 Å². The van der Waals surface area contributed by atoms with Gasteiger partial charge in [-0.3, -0.25) is 4.79 Å². The average Bonchev–Trinajstić information content (AvgIpc) is 3.32. The van der Waals surface area contributed by atoms with E-state index in [0.717, 1.165) is 21.5 Å². The summed E-state index contributed by atoms with van der Waals surface area (Å²) in [4.78, 5) is 15.3. The number of carbonyl (C=O) groups excluding carboxylic acids is 1. The van der Waals surface area contributed by atoms with Gasteiger partial charge in [0, 0.05) is 23.5 Å². The zero-order valence-electron chi connectivity index (χ0n) is 14.4. The standard InChI is InChI=1S/C17H19BrN2O4S2/c1-20(10-13-6-8-16(18)25-13)17(21)11-3-7-14(24-2)15(9-11)26(22,23)19-12-4-5-12/h3,6-9,12,19H,4-5,10H2,1-2H3. The third-order valence-corrected chi connectivity index (χ3v) is 7.12. The quantitative estimate of drug-likeness (QED) is 0.690. The molecule has 1 aromatic carbocycles. The molecule has 2 aromatic rings. The predicted molar refractivity (Wildman–Crippen MR) is 104 cm³/mol. The van der Waals surface area contributed by atoms with Crippen molar-refractivity contribution in [3.8, 4) is 5.75 Å². The molecule has 26 heavy (non-hydrogen) atoms. The lowest BCUT2D eigenvalue weighted by molar-refractivity contribution is 0.0786. The largest absolute Gasteiger partial charge is 0.495 e. The van der Waals surface area contributed by atoms with E-state index in [-0.39, 0.29) is 22.6 Å². The maximum absolute atomic E-state index is 12.7.